The van der Waals surface area contributed by atoms with E-state index in [-0.39, 0.29) is 23.8 Å². The monoisotopic (exact) mass is 359 g/mol. The first-order valence-electron chi connectivity index (χ1n) is 9.01. The third-order valence-corrected chi connectivity index (χ3v) is 5.28. The zero-order valence-electron chi connectivity index (χ0n) is 15.2. The Morgan fingerprint density at radius 3 is 2.58 bits per heavy atom. The van der Waals surface area contributed by atoms with Crippen molar-refractivity contribution in [1.82, 2.24) is 9.78 Å². The van der Waals surface area contributed by atoms with Crippen LogP contribution >= 0.6 is 0 Å². The summed E-state index contributed by atoms with van der Waals surface area (Å²) < 4.78 is 28.5. The average molecular weight is 359 g/mol. The summed E-state index contributed by atoms with van der Waals surface area (Å²) >= 11 is 0. The summed E-state index contributed by atoms with van der Waals surface area (Å²) in [6.45, 7) is 6.82. The summed E-state index contributed by atoms with van der Waals surface area (Å²) in [7, 11) is 0. The molecule has 2 heterocycles. The zero-order valence-corrected chi connectivity index (χ0v) is 15.2. The molecule has 0 N–H and O–H groups in total. The highest BCUT2D eigenvalue weighted by atomic mass is 19.3. The fraction of sp³-hybridized carbons (Fsp3) is 0.500. The number of amides is 1. The van der Waals surface area contributed by atoms with E-state index in [1.165, 1.54) is 0 Å². The van der Waals surface area contributed by atoms with Gasteiger partial charge in [-0.2, -0.15) is 5.10 Å². The van der Waals surface area contributed by atoms with Crippen LogP contribution in [-0.2, 0) is 10.2 Å². The van der Waals surface area contributed by atoms with Gasteiger partial charge in [-0.3, -0.25) is 9.48 Å². The highest BCUT2D eigenvalue weighted by Gasteiger charge is 2.57. The minimum absolute atomic E-state index is 0.0340. The molecule has 2 fully saturated rings. The SMILES string of the molecule is CC(C)(C)c1ccn(C2CCN(c3cccc(C4CC4(F)F)c3)C2=O)n1. The lowest BCUT2D eigenvalue weighted by Gasteiger charge is -2.18. The molecule has 26 heavy (non-hydrogen) atoms. The minimum atomic E-state index is -2.60. The van der Waals surface area contributed by atoms with Crippen molar-refractivity contribution in [3.8, 4) is 0 Å². The van der Waals surface area contributed by atoms with E-state index in [4.69, 9.17) is 0 Å². The maximum atomic E-state index is 13.4. The fourth-order valence-electron chi connectivity index (χ4n) is 3.56. The summed E-state index contributed by atoms with van der Waals surface area (Å²) in [4.78, 5) is 14.6. The van der Waals surface area contributed by atoms with Gasteiger partial charge >= 0.3 is 0 Å². The summed E-state index contributed by atoms with van der Waals surface area (Å²) in [6.07, 6.45) is 2.41. The number of halogens is 2. The van der Waals surface area contributed by atoms with Crippen LogP contribution in [-0.4, -0.2) is 28.2 Å². The van der Waals surface area contributed by atoms with Gasteiger partial charge in [-0.05, 0) is 30.2 Å². The molecule has 2 aromatic rings. The molecular formula is C20H23F2N3O. The van der Waals surface area contributed by atoms with Crippen LogP contribution in [0.3, 0.4) is 0 Å². The topological polar surface area (TPSA) is 38.1 Å². The van der Waals surface area contributed by atoms with Crippen LogP contribution in [0.4, 0.5) is 14.5 Å². The largest absolute Gasteiger partial charge is 0.310 e. The van der Waals surface area contributed by atoms with Crippen molar-refractivity contribution in [3.05, 3.63) is 47.8 Å². The molecule has 1 aromatic heterocycles. The standard InChI is InChI=1S/C20H23F2N3O/c1-19(2,3)17-8-10-25(23-17)16-7-9-24(18(16)26)14-6-4-5-13(11-14)15-12-20(15,21)22/h4-6,8,10-11,15-16H,7,9,12H2,1-3H3. The number of nitrogens with zero attached hydrogens (tertiary/aromatic N) is 3. The lowest BCUT2D eigenvalue weighted by Crippen LogP contribution is -2.28. The van der Waals surface area contributed by atoms with Crippen molar-refractivity contribution >= 4 is 11.6 Å². The van der Waals surface area contributed by atoms with Crippen LogP contribution in [0.5, 0.6) is 0 Å². The molecule has 0 bridgehead atoms. The van der Waals surface area contributed by atoms with Gasteiger partial charge in [0.05, 0.1) is 11.6 Å². The number of carbonyl (C=O) groups excluding carboxylic acids is 1. The first-order valence-corrected chi connectivity index (χ1v) is 9.01. The Bertz CT molecular complexity index is 853. The van der Waals surface area contributed by atoms with Crippen LogP contribution < -0.4 is 4.90 Å². The molecule has 0 spiro atoms. The van der Waals surface area contributed by atoms with E-state index in [0.29, 0.717) is 24.2 Å². The molecule has 6 heteroatoms. The molecule has 4 rings (SSSR count). The molecule has 0 radical (unpaired) electrons. The van der Waals surface area contributed by atoms with Crippen molar-refractivity contribution in [2.24, 2.45) is 0 Å². The first kappa shape index (κ1) is 17.2. The summed E-state index contributed by atoms with van der Waals surface area (Å²) in [6, 6.07) is 8.63. The number of alkyl halides is 2. The van der Waals surface area contributed by atoms with Crippen LogP contribution in [0.15, 0.2) is 36.5 Å². The molecule has 1 aliphatic heterocycles. The molecular weight excluding hydrogens is 336 g/mol. The van der Waals surface area contributed by atoms with E-state index in [1.807, 2.05) is 18.3 Å². The normalized spacial score (nSPS) is 25.0. The number of carbonyl (C=O) groups is 1. The van der Waals surface area contributed by atoms with Gasteiger partial charge in [-0.15, -0.1) is 0 Å². The van der Waals surface area contributed by atoms with Gasteiger partial charge in [0.2, 0.25) is 0 Å². The lowest BCUT2D eigenvalue weighted by molar-refractivity contribution is -0.120. The summed E-state index contributed by atoms with van der Waals surface area (Å²) in [5.74, 6) is -3.35. The van der Waals surface area contributed by atoms with Gasteiger partial charge in [0.15, 0.2) is 0 Å². The van der Waals surface area contributed by atoms with Crippen molar-refractivity contribution in [2.45, 2.75) is 56.9 Å². The fourth-order valence-corrected chi connectivity index (χ4v) is 3.56. The molecule has 1 amide bonds. The quantitative estimate of drug-likeness (QED) is 0.820. The predicted molar refractivity (Wildman–Crippen MR) is 95.7 cm³/mol. The zero-order chi connectivity index (χ0) is 18.7. The van der Waals surface area contributed by atoms with E-state index in [9.17, 15) is 13.6 Å². The van der Waals surface area contributed by atoms with Gasteiger partial charge in [-0.25, -0.2) is 8.78 Å². The number of hydrogen-bond acceptors (Lipinski definition) is 2. The van der Waals surface area contributed by atoms with Crippen molar-refractivity contribution in [1.29, 1.82) is 0 Å². The molecule has 2 unspecified atom stereocenters. The molecule has 1 saturated heterocycles. The first-order chi connectivity index (χ1) is 12.2. The Morgan fingerprint density at radius 1 is 1.23 bits per heavy atom. The van der Waals surface area contributed by atoms with Gasteiger partial charge in [0.1, 0.15) is 6.04 Å². The van der Waals surface area contributed by atoms with Crippen LogP contribution in [0.2, 0.25) is 0 Å². The third kappa shape index (κ3) is 2.91. The van der Waals surface area contributed by atoms with E-state index in [1.54, 1.807) is 27.8 Å². The molecule has 1 saturated carbocycles. The van der Waals surface area contributed by atoms with Crippen LogP contribution in [0.25, 0.3) is 0 Å². The summed E-state index contributed by atoms with van der Waals surface area (Å²) in [5.41, 5.74) is 2.18. The van der Waals surface area contributed by atoms with Crippen LogP contribution in [0.1, 0.15) is 56.8 Å². The second-order valence-electron chi connectivity index (χ2n) is 8.34. The minimum Gasteiger partial charge on any atom is -0.310 e. The van der Waals surface area contributed by atoms with Gasteiger partial charge in [0, 0.05) is 30.3 Å². The van der Waals surface area contributed by atoms with E-state index < -0.39 is 11.8 Å². The molecule has 138 valence electrons. The Labute approximate surface area is 151 Å². The van der Waals surface area contributed by atoms with Gasteiger partial charge < -0.3 is 4.90 Å². The third-order valence-electron chi connectivity index (χ3n) is 5.28. The van der Waals surface area contributed by atoms with E-state index >= 15 is 0 Å². The molecule has 2 aliphatic rings. The van der Waals surface area contributed by atoms with Crippen molar-refractivity contribution in [2.75, 3.05) is 11.4 Å². The van der Waals surface area contributed by atoms with Crippen LogP contribution in [0, 0.1) is 0 Å². The molecule has 1 aliphatic carbocycles. The maximum absolute atomic E-state index is 13.4. The smallest absolute Gasteiger partial charge is 0.255 e. The number of anilines is 1. The average Bonchev–Trinajstić information content (AvgIpc) is 2.95. The lowest BCUT2D eigenvalue weighted by atomic mass is 9.93. The Hall–Kier alpha value is -2.24. The van der Waals surface area contributed by atoms with Crippen molar-refractivity contribution < 1.29 is 13.6 Å². The second kappa shape index (κ2) is 5.63. The molecule has 1 aromatic carbocycles. The summed E-state index contributed by atoms with van der Waals surface area (Å²) in [5, 5.41) is 4.59. The maximum Gasteiger partial charge on any atom is 0.255 e. The predicted octanol–water partition coefficient (Wildman–Crippen LogP) is 4.28. The highest BCUT2D eigenvalue weighted by molar-refractivity contribution is 5.98. The molecule has 4 nitrogen and oxygen atoms in total. The Balaban J connectivity index is 1.55. The Morgan fingerprint density at radius 2 is 1.96 bits per heavy atom. The Kier molecular flexibility index (Phi) is 3.72. The van der Waals surface area contributed by atoms with E-state index in [2.05, 4.69) is 25.9 Å². The second-order valence-corrected chi connectivity index (χ2v) is 8.34. The molecule has 2 atom stereocenters. The number of rotatable bonds is 3. The number of aromatic nitrogens is 2. The highest BCUT2D eigenvalue weighted by Crippen LogP contribution is 2.56. The van der Waals surface area contributed by atoms with Gasteiger partial charge in [-0.1, -0.05) is 32.9 Å². The van der Waals surface area contributed by atoms with E-state index in [0.717, 1.165) is 5.69 Å². The van der Waals surface area contributed by atoms with Gasteiger partial charge in [0.25, 0.3) is 11.8 Å². The number of benzene rings is 1. The van der Waals surface area contributed by atoms with Crippen molar-refractivity contribution in [3.63, 3.8) is 0 Å². The number of hydrogen-bond donors (Lipinski definition) is 0.